The number of amides is 1. The van der Waals surface area contributed by atoms with Crippen molar-refractivity contribution in [3.05, 3.63) is 58.1 Å². The van der Waals surface area contributed by atoms with E-state index in [9.17, 15) is 13.2 Å². The minimum Gasteiger partial charge on any atom is -0.369 e. The maximum Gasteiger partial charge on any atom is 0.384 e. The lowest BCUT2D eigenvalue weighted by atomic mass is 10.2. The zero-order chi connectivity index (χ0) is 17.9. The van der Waals surface area contributed by atoms with Gasteiger partial charge in [0.05, 0.1) is 5.02 Å². The SMILES string of the molecule is CN(C)S(=O)(=O)Oc1ccc(C(=O)Nc2cccc(Cl)c2)cc1Cl. The first-order valence-electron chi connectivity index (χ1n) is 6.67. The van der Waals surface area contributed by atoms with Gasteiger partial charge in [-0.25, -0.2) is 0 Å². The second-order valence-electron chi connectivity index (χ2n) is 4.93. The van der Waals surface area contributed by atoms with Gasteiger partial charge in [-0.15, -0.1) is 0 Å². The van der Waals surface area contributed by atoms with Crippen LogP contribution in [0.3, 0.4) is 0 Å². The van der Waals surface area contributed by atoms with Crippen molar-refractivity contribution in [1.82, 2.24) is 4.31 Å². The fourth-order valence-corrected chi connectivity index (χ4v) is 2.64. The molecule has 0 aromatic heterocycles. The quantitative estimate of drug-likeness (QED) is 0.850. The molecule has 128 valence electrons. The van der Waals surface area contributed by atoms with Crippen LogP contribution in [0.25, 0.3) is 0 Å². The summed E-state index contributed by atoms with van der Waals surface area (Å²) in [5.74, 6) is -0.481. The fraction of sp³-hybridized carbons (Fsp3) is 0.133. The standard InChI is InChI=1S/C15H14Cl2N2O4S/c1-19(2)24(21,22)23-14-7-6-10(8-13(14)17)15(20)18-12-5-3-4-11(16)9-12/h3-9H,1-2H3,(H,18,20). The molecule has 0 fully saturated rings. The molecule has 0 aliphatic rings. The molecule has 2 rings (SSSR count). The van der Waals surface area contributed by atoms with E-state index >= 15 is 0 Å². The van der Waals surface area contributed by atoms with Crippen molar-refractivity contribution in [3.8, 4) is 5.75 Å². The normalized spacial score (nSPS) is 11.4. The molecule has 0 heterocycles. The molecule has 0 saturated carbocycles. The molecular formula is C15H14Cl2N2O4S. The summed E-state index contributed by atoms with van der Waals surface area (Å²) >= 11 is 11.9. The van der Waals surface area contributed by atoms with E-state index in [2.05, 4.69) is 5.32 Å². The minimum atomic E-state index is -3.93. The van der Waals surface area contributed by atoms with Crippen LogP contribution in [0.15, 0.2) is 42.5 Å². The van der Waals surface area contributed by atoms with Gasteiger partial charge in [-0.3, -0.25) is 4.79 Å². The molecule has 0 spiro atoms. The molecule has 0 atom stereocenters. The Morgan fingerprint density at radius 2 is 1.83 bits per heavy atom. The summed E-state index contributed by atoms with van der Waals surface area (Å²) in [6, 6.07) is 10.7. The van der Waals surface area contributed by atoms with E-state index in [0.29, 0.717) is 10.7 Å². The molecule has 0 radical (unpaired) electrons. The van der Waals surface area contributed by atoms with Gasteiger partial charge in [0.15, 0.2) is 5.75 Å². The summed E-state index contributed by atoms with van der Waals surface area (Å²) in [6.45, 7) is 0. The third kappa shape index (κ3) is 4.61. The van der Waals surface area contributed by atoms with E-state index in [1.54, 1.807) is 24.3 Å². The number of halogens is 2. The first-order valence-corrected chi connectivity index (χ1v) is 8.79. The van der Waals surface area contributed by atoms with Gasteiger partial charge in [-0.1, -0.05) is 29.3 Å². The van der Waals surface area contributed by atoms with Gasteiger partial charge in [0, 0.05) is 30.4 Å². The molecule has 6 nitrogen and oxygen atoms in total. The van der Waals surface area contributed by atoms with E-state index in [4.69, 9.17) is 27.4 Å². The number of carbonyl (C=O) groups is 1. The van der Waals surface area contributed by atoms with Crippen molar-refractivity contribution in [2.75, 3.05) is 19.4 Å². The molecule has 0 saturated heterocycles. The number of carbonyl (C=O) groups excluding carboxylic acids is 1. The Labute approximate surface area is 150 Å². The van der Waals surface area contributed by atoms with Crippen molar-refractivity contribution in [2.24, 2.45) is 0 Å². The lowest BCUT2D eigenvalue weighted by molar-refractivity contribution is 0.102. The molecule has 0 bridgehead atoms. The monoisotopic (exact) mass is 388 g/mol. The third-order valence-corrected chi connectivity index (χ3v) is 4.73. The lowest BCUT2D eigenvalue weighted by Gasteiger charge is -2.13. The second kappa shape index (κ2) is 7.40. The summed E-state index contributed by atoms with van der Waals surface area (Å²) in [7, 11) is -1.27. The second-order valence-corrected chi connectivity index (χ2v) is 7.53. The molecular weight excluding hydrogens is 375 g/mol. The van der Waals surface area contributed by atoms with E-state index in [1.165, 1.54) is 32.3 Å². The molecule has 2 aromatic rings. The predicted octanol–water partition coefficient (Wildman–Crippen LogP) is 3.43. The zero-order valence-electron chi connectivity index (χ0n) is 12.8. The maximum absolute atomic E-state index is 12.2. The average molecular weight is 389 g/mol. The number of nitrogens with zero attached hydrogens (tertiary/aromatic N) is 1. The van der Waals surface area contributed by atoms with Crippen LogP contribution in [0.4, 0.5) is 5.69 Å². The first-order chi connectivity index (χ1) is 11.2. The van der Waals surface area contributed by atoms with Gasteiger partial charge in [0.1, 0.15) is 0 Å². The largest absolute Gasteiger partial charge is 0.384 e. The topological polar surface area (TPSA) is 75.7 Å². The number of rotatable bonds is 5. The van der Waals surface area contributed by atoms with Gasteiger partial charge in [-0.2, -0.15) is 12.7 Å². The molecule has 24 heavy (non-hydrogen) atoms. The van der Waals surface area contributed by atoms with Crippen molar-refractivity contribution in [3.63, 3.8) is 0 Å². The van der Waals surface area contributed by atoms with E-state index < -0.39 is 16.2 Å². The van der Waals surface area contributed by atoms with Crippen LogP contribution >= 0.6 is 23.2 Å². The van der Waals surface area contributed by atoms with Crippen LogP contribution in [-0.2, 0) is 10.3 Å². The Morgan fingerprint density at radius 3 is 2.42 bits per heavy atom. The fourth-order valence-electron chi connectivity index (χ4n) is 1.67. The number of anilines is 1. The average Bonchev–Trinajstić information content (AvgIpc) is 2.49. The summed E-state index contributed by atoms with van der Waals surface area (Å²) in [6.07, 6.45) is 0. The first kappa shape index (κ1) is 18.5. The van der Waals surface area contributed by atoms with Crippen LogP contribution in [0, 0.1) is 0 Å². The molecule has 0 aliphatic carbocycles. The smallest absolute Gasteiger partial charge is 0.369 e. The predicted molar refractivity (Wildman–Crippen MR) is 94.1 cm³/mol. The number of hydrogen-bond donors (Lipinski definition) is 1. The summed E-state index contributed by atoms with van der Waals surface area (Å²) in [4.78, 5) is 12.2. The molecule has 9 heteroatoms. The molecule has 2 aromatic carbocycles. The Morgan fingerprint density at radius 1 is 1.12 bits per heavy atom. The Balaban J connectivity index is 2.18. The highest BCUT2D eigenvalue weighted by molar-refractivity contribution is 7.84. The van der Waals surface area contributed by atoms with Crippen molar-refractivity contribution >= 4 is 45.1 Å². The third-order valence-electron chi connectivity index (χ3n) is 2.92. The zero-order valence-corrected chi connectivity index (χ0v) is 15.1. The highest BCUT2D eigenvalue weighted by Gasteiger charge is 2.18. The van der Waals surface area contributed by atoms with Gasteiger partial charge in [0.25, 0.3) is 5.91 Å². The minimum absolute atomic E-state index is 0.000769. The van der Waals surface area contributed by atoms with E-state index in [-0.39, 0.29) is 16.3 Å². The van der Waals surface area contributed by atoms with Crippen LogP contribution < -0.4 is 9.50 Å². The van der Waals surface area contributed by atoms with Crippen molar-refractivity contribution in [2.45, 2.75) is 0 Å². The van der Waals surface area contributed by atoms with Gasteiger partial charge in [0.2, 0.25) is 0 Å². The summed E-state index contributed by atoms with van der Waals surface area (Å²) in [5, 5.41) is 3.15. The highest BCUT2D eigenvalue weighted by atomic mass is 35.5. The molecule has 1 amide bonds. The van der Waals surface area contributed by atoms with Gasteiger partial charge in [-0.05, 0) is 36.4 Å². The molecule has 0 aliphatic heterocycles. The number of nitrogens with one attached hydrogen (secondary N) is 1. The number of benzene rings is 2. The number of hydrogen-bond acceptors (Lipinski definition) is 4. The van der Waals surface area contributed by atoms with Crippen molar-refractivity contribution < 1.29 is 17.4 Å². The Hall–Kier alpha value is -1.80. The molecule has 0 unspecified atom stereocenters. The Kier molecular flexibility index (Phi) is 5.71. The summed E-state index contributed by atoms with van der Waals surface area (Å²) in [5.41, 5.74) is 0.772. The van der Waals surface area contributed by atoms with Crippen LogP contribution in [0.5, 0.6) is 5.75 Å². The highest BCUT2D eigenvalue weighted by Crippen LogP contribution is 2.27. The van der Waals surface area contributed by atoms with Crippen LogP contribution in [0.2, 0.25) is 10.0 Å². The van der Waals surface area contributed by atoms with Crippen LogP contribution in [-0.4, -0.2) is 32.7 Å². The van der Waals surface area contributed by atoms with Crippen molar-refractivity contribution in [1.29, 1.82) is 0 Å². The Bertz CT molecular complexity index is 870. The molecule has 1 N–H and O–H groups in total. The summed E-state index contributed by atoms with van der Waals surface area (Å²) < 4.78 is 29.2. The van der Waals surface area contributed by atoms with Crippen LogP contribution in [0.1, 0.15) is 10.4 Å². The lowest BCUT2D eigenvalue weighted by Crippen LogP contribution is -2.27. The van der Waals surface area contributed by atoms with Gasteiger partial charge < -0.3 is 9.50 Å². The van der Waals surface area contributed by atoms with E-state index in [0.717, 1.165) is 4.31 Å². The maximum atomic E-state index is 12.2. The van der Waals surface area contributed by atoms with Gasteiger partial charge >= 0.3 is 10.3 Å². The van der Waals surface area contributed by atoms with E-state index in [1.807, 2.05) is 0 Å².